The van der Waals surface area contributed by atoms with Gasteiger partial charge in [-0.1, -0.05) is 11.6 Å². The van der Waals surface area contributed by atoms with Crippen molar-refractivity contribution in [3.8, 4) is 0 Å². The van der Waals surface area contributed by atoms with E-state index in [2.05, 4.69) is 25.5 Å². The molecule has 0 spiro atoms. The molecule has 0 bridgehead atoms. The number of hydrogen-bond acceptors (Lipinski definition) is 6. The molecule has 17 heavy (non-hydrogen) atoms. The molecular formula is C10H16ClN5S. The number of nitrogens with one attached hydrogen (secondary N) is 2. The van der Waals surface area contributed by atoms with Crippen LogP contribution in [0.4, 0.5) is 11.8 Å². The first-order chi connectivity index (χ1) is 8.26. The molecule has 2 N–H and O–H groups in total. The molecule has 2 rings (SSSR count). The molecule has 1 aromatic rings. The highest BCUT2D eigenvalue weighted by Gasteiger charge is 2.19. The fraction of sp³-hybridized carbons (Fsp3) is 0.600. The molecule has 2 heterocycles. The second-order valence-corrected chi connectivity index (χ2v) is 4.86. The molecule has 0 unspecified atom stereocenters. The highest BCUT2D eigenvalue weighted by atomic mass is 35.5. The van der Waals surface area contributed by atoms with E-state index in [0.29, 0.717) is 11.1 Å². The average Bonchev–Trinajstić information content (AvgIpc) is 2.38. The number of rotatable bonds is 3. The molecule has 5 nitrogen and oxygen atoms in total. The molecule has 0 saturated carbocycles. The summed E-state index contributed by atoms with van der Waals surface area (Å²) in [5, 5.41) is 6.78. The summed E-state index contributed by atoms with van der Waals surface area (Å²) in [5.41, 5.74) is 0. The molecule has 0 atom stereocenters. The summed E-state index contributed by atoms with van der Waals surface area (Å²) < 4.78 is 0. The van der Waals surface area contributed by atoms with Gasteiger partial charge in [0.15, 0.2) is 0 Å². The van der Waals surface area contributed by atoms with Crippen molar-refractivity contribution in [3.05, 3.63) is 5.15 Å². The molecule has 1 aliphatic rings. The van der Waals surface area contributed by atoms with Gasteiger partial charge >= 0.3 is 0 Å². The molecule has 1 fully saturated rings. The van der Waals surface area contributed by atoms with Gasteiger partial charge in [-0.2, -0.15) is 9.97 Å². The van der Waals surface area contributed by atoms with Crippen LogP contribution >= 0.6 is 23.4 Å². The van der Waals surface area contributed by atoms with Crippen LogP contribution in [0.15, 0.2) is 4.90 Å². The normalized spacial score (nSPS) is 16.1. The second kappa shape index (κ2) is 5.75. The Morgan fingerprint density at radius 3 is 2.65 bits per heavy atom. The van der Waals surface area contributed by atoms with Gasteiger partial charge in [-0.05, 0) is 6.26 Å². The second-order valence-electron chi connectivity index (χ2n) is 3.68. The quantitative estimate of drug-likeness (QED) is 0.640. The van der Waals surface area contributed by atoms with Gasteiger partial charge in [-0.3, -0.25) is 0 Å². The van der Waals surface area contributed by atoms with E-state index >= 15 is 0 Å². The smallest absolute Gasteiger partial charge is 0.225 e. The van der Waals surface area contributed by atoms with Crippen molar-refractivity contribution in [3.63, 3.8) is 0 Å². The number of hydrogen-bond donors (Lipinski definition) is 2. The summed E-state index contributed by atoms with van der Waals surface area (Å²) in [6, 6.07) is 0. The maximum atomic E-state index is 6.18. The predicted octanol–water partition coefficient (Wildman–Crippen LogP) is 1.30. The molecule has 7 heteroatoms. The van der Waals surface area contributed by atoms with Gasteiger partial charge in [-0.25, -0.2) is 0 Å². The average molecular weight is 274 g/mol. The molecule has 1 aliphatic heterocycles. The van der Waals surface area contributed by atoms with E-state index in [1.165, 1.54) is 0 Å². The SMILES string of the molecule is CNc1nc(Cl)c(SC)c(N2CCNCC2)n1. The topological polar surface area (TPSA) is 53.1 Å². The van der Waals surface area contributed by atoms with Crippen LogP contribution in [0, 0.1) is 0 Å². The zero-order chi connectivity index (χ0) is 12.3. The van der Waals surface area contributed by atoms with E-state index < -0.39 is 0 Å². The number of piperazine rings is 1. The van der Waals surface area contributed by atoms with Crippen molar-refractivity contribution in [1.82, 2.24) is 15.3 Å². The predicted molar refractivity (Wildman–Crippen MR) is 73.5 cm³/mol. The van der Waals surface area contributed by atoms with Crippen LogP contribution in [0.3, 0.4) is 0 Å². The fourth-order valence-electron chi connectivity index (χ4n) is 1.79. The van der Waals surface area contributed by atoms with Crippen LogP contribution < -0.4 is 15.5 Å². The third kappa shape index (κ3) is 2.75. The molecular weight excluding hydrogens is 258 g/mol. The van der Waals surface area contributed by atoms with Crippen LogP contribution in [-0.4, -0.2) is 49.5 Å². The Morgan fingerprint density at radius 1 is 1.35 bits per heavy atom. The summed E-state index contributed by atoms with van der Waals surface area (Å²) in [4.78, 5) is 11.9. The standard InChI is InChI=1S/C10H16ClN5S/c1-12-10-14-8(11)7(17-2)9(15-10)16-5-3-13-4-6-16/h13H,3-6H2,1-2H3,(H,12,14,15). The molecule has 0 amide bonds. The number of thioether (sulfide) groups is 1. The number of anilines is 2. The Labute approximate surface area is 110 Å². The lowest BCUT2D eigenvalue weighted by molar-refractivity contribution is 0.581. The monoisotopic (exact) mass is 273 g/mol. The van der Waals surface area contributed by atoms with Crippen molar-refractivity contribution in [2.75, 3.05) is 49.7 Å². The molecule has 1 aromatic heterocycles. The lowest BCUT2D eigenvalue weighted by Gasteiger charge is -2.30. The molecule has 1 saturated heterocycles. The Balaban J connectivity index is 2.38. The highest BCUT2D eigenvalue weighted by molar-refractivity contribution is 7.98. The van der Waals surface area contributed by atoms with Crippen molar-refractivity contribution in [2.24, 2.45) is 0 Å². The van der Waals surface area contributed by atoms with Gasteiger partial charge in [0.25, 0.3) is 0 Å². The third-order valence-electron chi connectivity index (χ3n) is 2.65. The maximum absolute atomic E-state index is 6.18. The van der Waals surface area contributed by atoms with E-state index in [4.69, 9.17) is 11.6 Å². The van der Waals surface area contributed by atoms with Gasteiger partial charge in [0.05, 0.1) is 4.90 Å². The summed E-state index contributed by atoms with van der Waals surface area (Å²) in [5.74, 6) is 1.50. The Hall–Kier alpha value is -0.720. The Morgan fingerprint density at radius 2 is 2.06 bits per heavy atom. The van der Waals surface area contributed by atoms with Crippen LogP contribution in [-0.2, 0) is 0 Å². The third-order valence-corrected chi connectivity index (χ3v) is 3.82. The molecule has 0 aliphatic carbocycles. The van der Waals surface area contributed by atoms with Gasteiger partial charge in [-0.15, -0.1) is 11.8 Å². The van der Waals surface area contributed by atoms with Gasteiger partial charge < -0.3 is 15.5 Å². The number of nitrogens with zero attached hydrogens (tertiary/aromatic N) is 3. The largest absolute Gasteiger partial charge is 0.357 e. The Bertz CT molecular complexity index is 395. The number of aromatic nitrogens is 2. The Kier molecular flexibility index (Phi) is 4.31. The molecule has 0 radical (unpaired) electrons. The first kappa shape index (κ1) is 12.7. The van der Waals surface area contributed by atoms with Gasteiger partial charge in [0.2, 0.25) is 5.95 Å². The minimum absolute atomic E-state index is 0.519. The van der Waals surface area contributed by atoms with E-state index in [9.17, 15) is 0 Å². The fourth-order valence-corrected chi connectivity index (χ4v) is 2.76. The minimum atomic E-state index is 0.519. The van der Waals surface area contributed by atoms with Crippen molar-refractivity contribution in [2.45, 2.75) is 4.90 Å². The van der Waals surface area contributed by atoms with Gasteiger partial charge in [0.1, 0.15) is 11.0 Å². The first-order valence-corrected chi connectivity index (χ1v) is 7.11. The van der Waals surface area contributed by atoms with E-state index in [1.54, 1.807) is 18.8 Å². The minimum Gasteiger partial charge on any atom is -0.357 e. The molecule has 0 aromatic carbocycles. The maximum Gasteiger partial charge on any atom is 0.225 e. The van der Waals surface area contributed by atoms with Crippen LogP contribution in [0.2, 0.25) is 5.15 Å². The number of halogens is 1. The lowest BCUT2D eigenvalue weighted by atomic mass is 10.3. The van der Waals surface area contributed by atoms with E-state index in [0.717, 1.165) is 36.9 Å². The van der Waals surface area contributed by atoms with Crippen molar-refractivity contribution in [1.29, 1.82) is 0 Å². The zero-order valence-electron chi connectivity index (χ0n) is 9.96. The first-order valence-electron chi connectivity index (χ1n) is 5.51. The summed E-state index contributed by atoms with van der Waals surface area (Å²) in [6.07, 6.45) is 2.00. The van der Waals surface area contributed by atoms with Crippen LogP contribution in [0.25, 0.3) is 0 Å². The van der Waals surface area contributed by atoms with E-state index in [1.807, 2.05) is 6.26 Å². The van der Waals surface area contributed by atoms with E-state index in [-0.39, 0.29) is 0 Å². The summed E-state index contributed by atoms with van der Waals surface area (Å²) in [6.45, 7) is 3.85. The van der Waals surface area contributed by atoms with Crippen LogP contribution in [0.5, 0.6) is 0 Å². The summed E-state index contributed by atoms with van der Waals surface area (Å²) in [7, 11) is 1.80. The van der Waals surface area contributed by atoms with Crippen LogP contribution in [0.1, 0.15) is 0 Å². The summed E-state index contributed by atoms with van der Waals surface area (Å²) >= 11 is 7.77. The lowest BCUT2D eigenvalue weighted by Crippen LogP contribution is -2.44. The molecule has 94 valence electrons. The van der Waals surface area contributed by atoms with Crippen molar-refractivity contribution >= 4 is 35.1 Å². The van der Waals surface area contributed by atoms with Gasteiger partial charge in [0, 0.05) is 33.2 Å². The zero-order valence-corrected chi connectivity index (χ0v) is 11.5. The highest BCUT2D eigenvalue weighted by Crippen LogP contribution is 2.33. The van der Waals surface area contributed by atoms with Crippen molar-refractivity contribution < 1.29 is 0 Å².